The van der Waals surface area contributed by atoms with Crippen molar-refractivity contribution >= 4 is 12.0 Å². The van der Waals surface area contributed by atoms with Crippen LogP contribution in [0.5, 0.6) is 6.01 Å². The minimum Gasteiger partial charge on any atom is -0.458 e. The maximum Gasteiger partial charge on any atom is 0.316 e. The molecule has 1 aliphatic rings. The number of rotatable bonds is 4. The maximum absolute atomic E-state index is 12.7. The Morgan fingerprint density at radius 2 is 1.96 bits per heavy atom. The molecule has 2 aromatic rings. The highest BCUT2D eigenvalue weighted by Gasteiger charge is 2.26. The lowest BCUT2D eigenvalue weighted by molar-refractivity contribution is -0.129. The molecule has 5 nitrogen and oxygen atoms in total. The zero-order chi connectivity index (χ0) is 16.8. The first-order valence-electron chi connectivity index (χ1n) is 8.18. The number of hydrogen-bond acceptors (Lipinski definition) is 4. The first-order valence-corrected chi connectivity index (χ1v) is 8.18. The number of benzene rings is 1. The summed E-state index contributed by atoms with van der Waals surface area (Å²) in [7, 11) is 0. The molecule has 0 spiro atoms. The van der Waals surface area contributed by atoms with Gasteiger partial charge in [-0.25, -0.2) is 9.97 Å². The van der Waals surface area contributed by atoms with Crippen molar-refractivity contribution in [2.24, 2.45) is 0 Å². The summed E-state index contributed by atoms with van der Waals surface area (Å²) in [4.78, 5) is 22.7. The molecule has 1 atom stereocenters. The van der Waals surface area contributed by atoms with E-state index >= 15 is 0 Å². The Labute approximate surface area is 142 Å². The molecule has 1 fully saturated rings. The van der Waals surface area contributed by atoms with E-state index in [0.717, 1.165) is 30.5 Å². The third-order valence-corrected chi connectivity index (χ3v) is 4.00. The molecule has 1 amide bonds. The van der Waals surface area contributed by atoms with Gasteiger partial charge in [-0.15, -0.1) is 0 Å². The fraction of sp³-hybridized carbons (Fsp3) is 0.316. The third-order valence-electron chi connectivity index (χ3n) is 4.00. The zero-order valence-electron chi connectivity index (χ0n) is 13.8. The summed E-state index contributed by atoms with van der Waals surface area (Å²) in [5.41, 5.74) is 1.77. The Hall–Kier alpha value is -2.69. The average molecular weight is 323 g/mol. The second-order valence-corrected chi connectivity index (χ2v) is 5.90. The van der Waals surface area contributed by atoms with Gasteiger partial charge >= 0.3 is 6.01 Å². The zero-order valence-corrected chi connectivity index (χ0v) is 13.8. The van der Waals surface area contributed by atoms with Crippen LogP contribution >= 0.6 is 0 Å². The van der Waals surface area contributed by atoms with Crippen molar-refractivity contribution in [3.05, 3.63) is 59.9 Å². The largest absolute Gasteiger partial charge is 0.458 e. The van der Waals surface area contributed by atoms with Gasteiger partial charge in [0.1, 0.15) is 6.10 Å². The van der Waals surface area contributed by atoms with Crippen LogP contribution < -0.4 is 4.74 Å². The standard InChI is InChI=1S/C19H21N3O2/c1-15(13-16-7-3-2-4-8-16)18(23)22-12-5-9-17(14-22)24-19-20-10-6-11-21-19/h2-4,6-8,10-11,13,17H,5,9,12,14H2,1H3/b15-13+. The summed E-state index contributed by atoms with van der Waals surface area (Å²) >= 11 is 0. The smallest absolute Gasteiger partial charge is 0.316 e. The lowest BCUT2D eigenvalue weighted by atomic mass is 10.1. The number of ether oxygens (including phenoxy) is 1. The molecule has 5 heteroatoms. The minimum atomic E-state index is -0.0605. The monoisotopic (exact) mass is 323 g/mol. The van der Waals surface area contributed by atoms with E-state index in [1.54, 1.807) is 18.5 Å². The number of aromatic nitrogens is 2. The summed E-state index contributed by atoms with van der Waals surface area (Å²) in [5, 5.41) is 0. The number of carbonyl (C=O) groups is 1. The van der Waals surface area contributed by atoms with Gasteiger partial charge in [0.15, 0.2) is 0 Å². The van der Waals surface area contributed by atoms with Crippen LogP contribution in [0.2, 0.25) is 0 Å². The molecular weight excluding hydrogens is 302 g/mol. The van der Waals surface area contributed by atoms with Crippen molar-refractivity contribution in [3.63, 3.8) is 0 Å². The van der Waals surface area contributed by atoms with E-state index in [1.165, 1.54) is 0 Å². The molecule has 1 aromatic heterocycles. The summed E-state index contributed by atoms with van der Waals surface area (Å²) in [5.74, 6) is 0.0566. The fourth-order valence-corrected chi connectivity index (χ4v) is 2.82. The van der Waals surface area contributed by atoms with E-state index in [-0.39, 0.29) is 12.0 Å². The van der Waals surface area contributed by atoms with Crippen LogP contribution in [0.15, 0.2) is 54.4 Å². The van der Waals surface area contributed by atoms with Crippen LogP contribution in [-0.4, -0.2) is 40.0 Å². The molecule has 1 aromatic carbocycles. The molecular formula is C19H21N3O2. The predicted molar refractivity (Wildman–Crippen MR) is 92.4 cm³/mol. The van der Waals surface area contributed by atoms with Crippen LogP contribution in [0.25, 0.3) is 6.08 Å². The Morgan fingerprint density at radius 3 is 2.71 bits per heavy atom. The van der Waals surface area contributed by atoms with Crippen LogP contribution in [-0.2, 0) is 4.79 Å². The van der Waals surface area contributed by atoms with Crippen molar-refractivity contribution in [2.75, 3.05) is 13.1 Å². The molecule has 1 unspecified atom stereocenters. The molecule has 2 heterocycles. The Bertz CT molecular complexity index is 701. The quantitative estimate of drug-likeness (QED) is 0.812. The van der Waals surface area contributed by atoms with Gasteiger partial charge in [-0.2, -0.15) is 0 Å². The topological polar surface area (TPSA) is 55.3 Å². The lowest BCUT2D eigenvalue weighted by Gasteiger charge is -2.32. The van der Waals surface area contributed by atoms with E-state index in [9.17, 15) is 4.79 Å². The van der Waals surface area contributed by atoms with Crippen LogP contribution in [0.4, 0.5) is 0 Å². The average Bonchev–Trinajstić information content (AvgIpc) is 2.63. The van der Waals surface area contributed by atoms with Gasteiger partial charge in [0.2, 0.25) is 5.91 Å². The van der Waals surface area contributed by atoms with Gasteiger partial charge in [-0.1, -0.05) is 30.3 Å². The summed E-state index contributed by atoms with van der Waals surface area (Å²) in [6.07, 6.45) is 7.00. The van der Waals surface area contributed by atoms with Gasteiger partial charge in [-0.05, 0) is 37.5 Å². The number of likely N-dealkylation sites (tertiary alicyclic amines) is 1. The van der Waals surface area contributed by atoms with E-state index in [1.807, 2.05) is 48.2 Å². The maximum atomic E-state index is 12.7. The molecule has 3 rings (SSSR count). The highest BCUT2D eigenvalue weighted by atomic mass is 16.5. The summed E-state index contributed by atoms with van der Waals surface area (Å²) in [6, 6.07) is 12.0. The third kappa shape index (κ3) is 4.19. The molecule has 0 N–H and O–H groups in total. The van der Waals surface area contributed by atoms with Crippen molar-refractivity contribution in [1.29, 1.82) is 0 Å². The van der Waals surface area contributed by atoms with Gasteiger partial charge in [0, 0.05) is 24.5 Å². The highest BCUT2D eigenvalue weighted by Crippen LogP contribution is 2.18. The number of nitrogens with zero attached hydrogens (tertiary/aromatic N) is 3. The molecule has 1 saturated heterocycles. The van der Waals surface area contributed by atoms with Crippen molar-refractivity contribution in [1.82, 2.24) is 14.9 Å². The fourth-order valence-electron chi connectivity index (χ4n) is 2.82. The second-order valence-electron chi connectivity index (χ2n) is 5.90. The van der Waals surface area contributed by atoms with Crippen molar-refractivity contribution < 1.29 is 9.53 Å². The Kier molecular flexibility index (Phi) is 5.21. The molecule has 1 aliphatic heterocycles. The summed E-state index contributed by atoms with van der Waals surface area (Å²) < 4.78 is 5.80. The van der Waals surface area contributed by atoms with E-state index < -0.39 is 0 Å². The van der Waals surface area contributed by atoms with E-state index in [4.69, 9.17) is 4.74 Å². The lowest BCUT2D eigenvalue weighted by Crippen LogP contribution is -2.44. The number of amides is 1. The Morgan fingerprint density at radius 1 is 1.21 bits per heavy atom. The van der Waals surface area contributed by atoms with Gasteiger partial charge in [0.05, 0.1) is 6.54 Å². The number of carbonyl (C=O) groups excluding carboxylic acids is 1. The SMILES string of the molecule is C/C(=C\c1ccccc1)C(=O)N1CCCC(Oc2ncccn2)C1. The van der Waals surface area contributed by atoms with Crippen LogP contribution in [0.3, 0.4) is 0 Å². The molecule has 0 saturated carbocycles. The van der Waals surface area contributed by atoms with Crippen LogP contribution in [0.1, 0.15) is 25.3 Å². The highest BCUT2D eigenvalue weighted by molar-refractivity contribution is 5.97. The van der Waals surface area contributed by atoms with E-state index in [0.29, 0.717) is 12.6 Å². The first-order chi connectivity index (χ1) is 11.7. The van der Waals surface area contributed by atoms with Crippen molar-refractivity contribution in [2.45, 2.75) is 25.9 Å². The Balaban J connectivity index is 1.63. The van der Waals surface area contributed by atoms with Crippen LogP contribution in [0, 0.1) is 0 Å². The van der Waals surface area contributed by atoms with Gasteiger partial charge in [-0.3, -0.25) is 4.79 Å². The summed E-state index contributed by atoms with van der Waals surface area (Å²) in [6.45, 7) is 3.19. The van der Waals surface area contributed by atoms with Crippen molar-refractivity contribution in [3.8, 4) is 6.01 Å². The predicted octanol–water partition coefficient (Wildman–Crippen LogP) is 2.95. The molecule has 0 radical (unpaired) electrons. The van der Waals surface area contributed by atoms with Gasteiger partial charge in [0.25, 0.3) is 0 Å². The van der Waals surface area contributed by atoms with Gasteiger partial charge < -0.3 is 9.64 Å². The normalized spacial score (nSPS) is 18.3. The number of piperidine rings is 1. The first kappa shape index (κ1) is 16.2. The molecule has 124 valence electrons. The second kappa shape index (κ2) is 7.73. The molecule has 24 heavy (non-hydrogen) atoms. The number of hydrogen-bond donors (Lipinski definition) is 0. The minimum absolute atomic E-state index is 0.0566. The van der Waals surface area contributed by atoms with E-state index in [2.05, 4.69) is 9.97 Å². The molecule has 0 bridgehead atoms. The molecule has 0 aliphatic carbocycles.